The molecule has 0 aromatic heterocycles. The second-order valence-electron chi connectivity index (χ2n) is 9.04. The summed E-state index contributed by atoms with van der Waals surface area (Å²) >= 11 is 1.52. The number of amides is 1. The van der Waals surface area contributed by atoms with Crippen molar-refractivity contribution < 1.29 is 14.3 Å². The van der Waals surface area contributed by atoms with E-state index >= 15 is 0 Å². The van der Waals surface area contributed by atoms with Gasteiger partial charge in [0.05, 0.1) is 30.8 Å². The van der Waals surface area contributed by atoms with E-state index < -0.39 is 0 Å². The maximum absolute atomic E-state index is 13.0. The summed E-state index contributed by atoms with van der Waals surface area (Å²) in [7, 11) is 1.41. The fourth-order valence-corrected chi connectivity index (χ4v) is 5.89. The quantitative estimate of drug-likeness (QED) is 0.577. The normalized spacial score (nSPS) is 20.8. The molecule has 1 fully saturated rings. The van der Waals surface area contributed by atoms with E-state index in [4.69, 9.17) is 9.73 Å². The molecule has 0 spiro atoms. The molecule has 176 valence electrons. The predicted octanol–water partition coefficient (Wildman–Crippen LogP) is 5.28. The molecule has 1 N–H and O–H groups in total. The Morgan fingerprint density at radius 3 is 2.67 bits per heavy atom. The molecular formula is C26H33N3O3S. The summed E-state index contributed by atoms with van der Waals surface area (Å²) in [4.78, 5) is 32.9. The van der Waals surface area contributed by atoms with E-state index in [1.54, 1.807) is 0 Å². The standard InChI is InChI=1S/C26H33N3O3S/c1-5-21-23(25(31)32-4)24(20-13-16(2)11-12-17(20)3)29-19(15-33-26(29)28-21)14-22(30)27-18-9-7-6-8-10-18/h11-13,15,18,24H,5-10,14H2,1-4H3,(H,27,30)/t24-/m1/s1. The zero-order valence-corrected chi connectivity index (χ0v) is 20.8. The van der Waals surface area contributed by atoms with Gasteiger partial charge in [-0.3, -0.25) is 4.79 Å². The number of ether oxygens (including phenoxy) is 1. The van der Waals surface area contributed by atoms with Crippen LogP contribution >= 0.6 is 11.8 Å². The van der Waals surface area contributed by atoms with Gasteiger partial charge in [0.2, 0.25) is 5.91 Å². The van der Waals surface area contributed by atoms with Crippen molar-refractivity contribution in [1.82, 2.24) is 10.2 Å². The van der Waals surface area contributed by atoms with Gasteiger partial charge in [0.25, 0.3) is 0 Å². The largest absolute Gasteiger partial charge is 0.466 e. The van der Waals surface area contributed by atoms with E-state index in [-0.39, 0.29) is 30.4 Å². The van der Waals surface area contributed by atoms with Crippen molar-refractivity contribution in [2.75, 3.05) is 7.11 Å². The zero-order chi connectivity index (χ0) is 23.5. The molecule has 0 unspecified atom stereocenters. The molecule has 33 heavy (non-hydrogen) atoms. The van der Waals surface area contributed by atoms with E-state index in [2.05, 4.69) is 42.3 Å². The molecule has 2 aliphatic heterocycles. The van der Waals surface area contributed by atoms with Gasteiger partial charge in [-0.25, -0.2) is 9.79 Å². The van der Waals surface area contributed by atoms with Gasteiger partial charge in [-0.15, -0.1) is 0 Å². The van der Waals surface area contributed by atoms with Crippen molar-refractivity contribution in [3.63, 3.8) is 0 Å². The first-order valence-electron chi connectivity index (χ1n) is 11.8. The number of hydrogen-bond donors (Lipinski definition) is 1. The highest BCUT2D eigenvalue weighted by Gasteiger charge is 2.42. The first-order chi connectivity index (χ1) is 15.9. The van der Waals surface area contributed by atoms with Gasteiger partial charge in [-0.2, -0.15) is 0 Å². The minimum Gasteiger partial charge on any atom is -0.466 e. The molecular weight excluding hydrogens is 434 g/mol. The van der Waals surface area contributed by atoms with Crippen LogP contribution in [0.2, 0.25) is 0 Å². The van der Waals surface area contributed by atoms with Gasteiger partial charge in [-0.1, -0.05) is 61.7 Å². The van der Waals surface area contributed by atoms with Crippen LogP contribution in [0.3, 0.4) is 0 Å². The summed E-state index contributed by atoms with van der Waals surface area (Å²) in [6.07, 6.45) is 6.59. The minimum atomic E-state index is -0.372. The highest BCUT2D eigenvalue weighted by molar-refractivity contribution is 8.16. The summed E-state index contributed by atoms with van der Waals surface area (Å²) < 4.78 is 5.21. The molecule has 4 rings (SSSR count). The third-order valence-electron chi connectivity index (χ3n) is 6.67. The number of rotatable bonds is 6. The van der Waals surface area contributed by atoms with Crippen LogP contribution in [0.1, 0.15) is 74.6 Å². The first kappa shape index (κ1) is 23.6. The molecule has 1 amide bonds. The molecule has 0 saturated heterocycles. The van der Waals surface area contributed by atoms with Gasteiger partial charge in [0.1, 0.15) is 0 Å². The zero-order valence-electron chi connectivity index (χ0n) is 19.9. The number of benzene rings is 1. The number of esters is 1. The lowest BCUT2D eigenvalue weighted by atomic mass is 9.89. The van der Waals surface area contributed by atoms with Gasteiger partial charge >= 0.3 is 5.97 Å². The Morgan fingerprint density at radius 1 is 1.21 bits per heavy atom. The number of aliphatic imine (C=N–C) groups is 1. The van der Waals surface area contributed by atoms with Gasteiger partial charge in [0, 0.05) is 11.7 Å². The van der Waals surface area contributed by atoms with Crippen LogP contribution in [0.25, 0.3) is 0 Å². The molecule has 1 aromatic carbocycles. The van der Waals surface area contributed by atoms with Crippen molar-refractivity contribution in [2.24, 2.45) is 4.99 Å². The van der Waals surface area contributed by atoms with Crippen LogP contribution in [0.4, 0.5) is 0 Å². The average Bonchev–Trinajstić information content (AvgIpc) is 3.21. The molecule has 7 heteroatoms. The van der Waals surface area contributed by atoms with Crippen molar-refractivity contribution in [1.29, 1.82) is 0 Å². The highest BCUT2D eigenvalue weighted by Crippen LogP contribution is 2.46. The minimum absolute atomic E-state index is 0.0274. The molecule has 2 heterocycles. The Bertz CT molecular complexity index is 1040. The molecule has 1 aromatic rings. The number of allylic oxidation sites excluding steroid dienone is 1. The third kappa shape index (κ3) is 4.88. The maximum atomic E-state index is 13.0. The topological polar surface area (TPSA) is 71.0 Å². The van der Waals surface area contributed by atoms with Crippen molar-refractivity contribution in [3.05, 3.63) is 57.3 Å². The second kappa shape index (κ2) is 10.2. The van der Waals surface area contributed by atoms with Crippen LogP contribution < -0.4 is 5.32 Å². The fourth-order valence-electron chi connectivity index (χ4n) is 4.95. The third-order valence-corrected chi connectivity index (χ3v) is 7.56. The molecule has 0 bridgehead atoms. The summed E-state index contributed by atoms with van der Waals surface area (Å²) in [5, 5.41) is 6.04. The Labute approximate surface area is 200 Å². The van der Waals surface area contributed by atoms with E-state index in [9.17, 15) is 9.59 Å². The molecule has 3 aliphatic rings. The highest BCUT2D eigenvalue weighted by atomic mass is 32.2. The number of aryl methyl sites for hydroxylation is 2. The Hall–Kier alpha value is -2.54. The molecule has 1 aliphatic carbocycles. The van der Waals surface area contributed by atoms with E-state index in [1.165, 1.54) is 38.1 Å². The molecule has 6 nitrogen and oxygen atoms in total. The van der Waals surface area contributed by atoms with Crippen molar-refractivity contribution in [3.8, 4) is 0 Å². The summed E-state index contributed by atoms with van der Waals surface area (Å²) in [5.74, 6) is -0.344. The van der Waals surface area contributed by atoms with E-state index in [1.807, 2.05) is 12.3 Å². The van der Waals surface area contributed by atoms with Crippen LogP contribution in [0.15, 0.2) is 45.6 Å². The van der Waals surface area contributed by atoms with Crippen LogP contribution in [-0.2, 0) is 14.3 Å². The first-order valence-corrected chi connectivity index (χ1v) is 12.7. The molecule has 1 saturated carbocycles. The van der Waals surface area contributed by atoms with Gasteiger partial charge in [-0.05, 0) is 49.6 Å². The number of thioether (sulfide) groups is 1. The molecule has 1 atom stereocenters. The maximum Gasteiger partial charge on any atom is 0.338 e. The van der Waals surface area contributed by atoms with Crippen LogP contribution in [-0.4, -0.2) is 35.1 Å². The van der Waals surface area contributed by atoms with Crippen molar-refractivity contribution in [2.45, 2.75) is 77.8 Å². The van der Waals surface area contributed by atoms with Crippen LogP contribution in [0, 0.1) is 13.8 Å². The second-order valence-corrected chi connectivity index (χ2v) is 9.88. The van der Waals surface area contributed by atoms with Gasteiger partial charge in [0.15, 0.2) is 5.17 Å². The number of methoxy groups -OCH3 is 1. The Kier molecular flexibility index (Phi) is 7.27. The predicted molar refractivity (Wildman–Crippen MR) is 133 cm³/mol. The lowest BCUT2D eigenvalue weighted by Crippen LogP contribution is -2.40. The van der Waals surface area contributed by atoms with Crippen molar-refractivity contribution >= 4 is 28.8 Å². The summed E-state index contributed by atoms with van der Waals surface area (Å²) in [5.41, 5.74) is 5.41. The number of nitrogens with one attached hydrogen (secondary N) is 1. The van der Waals surface area contributed by atoms with Crippen LogP contribution in [0.5, 0.6) is 0 Å². The fraction of sp³-hybridized carbons (Fsp3) is 0.500. The summed E-state index contributed by atoms with van der Waals surface area (Å²) in [6.45, 7) is 6.11. The number of nitrogens with zero attached hydrogens (tertiary/aromatic N) is 2. The lowest BCUT2D eigenvalue weighted by molar-refractivity contribution is -0.136. The number of fused-ring (bicyclic) bond motifs is 1. The lowest BCUT2D eigenvalue weighted by Gasteiger charge is -2.37. The van der Waals surface area contributed by atoms with Gasteiger partial charge < -0.3 is 15.0 Å². The van der Waals surface area contributed by atoms with E-state index in [0.29, 0.717) is 12.0 Å². The number of carbonyl (C=O) groups excluding carboxylic acids is 2. The number of amidine groups is 1. The number of carbonyl (C=O) groups is 2. The Balaban J connectivity index is 1.69. The smallest absolute Gasteiger partial charge is 0.338 e. The monoisotopic (exact) mass is 467 g/mol. The SMILES string of the molecule is CCC1=C(C(=O)OC)[C@@H](c2cc(C)ccc2C)N2C(CC(=O)NC3CCCCC3)=CSC2=N1. The average molecular weight is 468 g/mol. The Morgan fingerprint density at radius 2 is 1.97 bits per heavy atom. The number of hydrogen-bond acceptors (Lipinski definition) is 6. The summed E-state index contributed by atoms with van der Waals surface area (Å²) in [6, 6.07) is 6.18. The van der Waals surface area contributed by atoms with E-state index in [0.717, 1.165) is 46.1 Å². The molecule has 0 radical (unpaired) electrons.